The number of hydrogen-bond acceptors (Lipinski definition) is 1. The summed E-state index contributed by atoms with van der Waals surface area (Å²) >= 11 is 9.36. The molecular weight excluding hydrogens is 261 g/mol. The summed E-state index contributed by atoms with van der Waals surface area (Å²) < 4.78 is 1.00. The SMILES string of the molecule is CC(C)C(C)Nc1cc(Cl)cc(Br)c1. The van der Waals surface area contributed by atoms with Gasteiger partial charge in [-0.25, -0.2) is 0 Å². The first-order chi connectivity index (χ1) is 6.49. The average molecular weight is 277 g/mol. The number of benzene rings is 1. The van der Waals surface area contributed by atoms with Gasteiger partial charge >= 0.3 is 0 Å². The van der Waals surface area contributed by atoms with E-state index in [0.29, 0.717) is 12.0 Å². The number of anilines is 1. The molecule has 1 aromatic carbocycles. The number of rotatable bonds is 3. The highest BCUT2D eigenvalue weighted by atomic mass is 79.9. The van der Waals surface area contributed by atoms with Gasteiger partial charge in [0.2, 0.25) is 0 Å². The van der Waals surface area contributed by atoms with Crippen molar-refractivity contribution in [2.24, 2.45) is 5.92 Å². The molecule has 0 aliphatic heterocycles. The van der Waals surface area contributed by atoms with E-state index in [1.807, 2.05) is 18.2 Å². The van der Waals surface area contributed by atoms with Gasteiger partial charge in [0.1, 0.15) is 0 Å². The molecule has 0 spiro atoms. The number of nitrogens with one attached hydrogen (secondary N) is 1. The third-order valence-electron chi connectivity index (χ3n) is 2.26. The molecule has 1 aromatic rings. The second-order valence-corrected chi connectivity index (χ2v) is 5.19. The van der Waals surface area contributed by atoms with Crippen LogP contribution in [-0.2, 0) is 0 Å². The molecule has 14 heavy (non-hydrogen) atoms. The van der Waals surface area contributed by atoms with Gasteiger partial charge in [0.05, 0.1) is 0 Å². The lowest BCUT2D eigenvalue weighted by Gasteiger charge is -2.19. The van der Waals surface area contributed by atoms with E-state index in [-0.39, 0.29) is 0 Å². The van der Waals surface area contributed by atoms with Gasteiger partial charge in [-0.2, -0.15) is 0 Å². The highest BCUT2D eigenvalue weighted by molar-refractivity contribution is 9.10. The van der Waals surface area contributed by atoms with Gasteiger partial charge in [0.25, 0.3) is 0 Å². The third kappa shape index (κ3) is 3.50. The van der Waals surface area contributed by atoms with Crippen molar-refractivity contribution >= 4 is 33.2 Å². The Morgan fingerprint density at radius 3 is 2.36 bits per heavy atom. The minimum Gasteiger partial charge on any atom is -0.382 e. The molecule has 0 bridgehead atoms. The zero-order chi connectivity index (χ0) is 10.7. The molecule has 1 unspecified atom stereocenters. The van der Waals surface area contributed by atoms with E-state index < -0.39 is 0 Å². The Morgan fingerprint density at radius 1 is 1.21 bits per heavy atom. The lowest BCUT2D eigenvalue weighted by atomic mass is 10.1. The van der Waals surface area contributed by atoms with Crippen LogP contribution in [0, 0.1) is 5.92 Å². The standard InChI is InChI=1S/C11H15BrClN/c1-7(2)8(3)14-11-5-9(12)4-10(13)6-11/h4-8,14H,1-3H3. The summed E-state index contributed by atoms with van der Waals surface area (Å²) in [5, 5.41) is 4.16. The molecule has 0 aliphatic carbocycles. The normalized spacial score (nSPS) is 13.0. The second-order valence-electron chi connectivity index (χ2n) is 3.84. The van der Waals surface area contributed by atoms with E-state index in [4.69, 9.17) is 11.6 Å². The molecule has 0 saturated carbocycles. The number of halogens is 2. The summed E-state index contributed by atoms with van der Waals surface area (Å²) in [7, 11) is 0. The predicted octanol–water partition coefficient (Wildman–Crippen LogP) is 4.56. The van der Waals surface area contributed by atoms with Crippen molar-refractivity contribution in [3.63, 3.8) is 0 Å². The van der Waals surface area contributed by atoms with Gasteiger partial charge in [-0.15, -0.1) is 0 Å². The Morgan fingerprint density at radius 2 is 1.86 bits per heavy atom. The summed E-state index contributed by atoms with van der Waals surface area (Å²) in [6.07, 6.45) is 0. The van der Waals surface area contributed by atoms with Crippen LogP contribution in [0.2, 0.25) is 5.02 Å². The van der Waals surface area contributed by atoms with Crippen LogP contribution in [0.4, 0.5) is 5.69 Å². The first-order valence-electron chi connectivity index (χ1n) is 4.71. The smallest absolute Gasteiger partial charge is 0.0437 e. The van der Waals surface area contributed by atoms with Crippen molar-refractivity contribution < 1.29 is 0 Å². The molecule has 3 heteroatoms. The molecule has 1 atom stereocenters. The van der Waals surface area contributed by atoms with Crippen molar-refractivity contribution in [1.29, 1.82) is 0 Å². The fraction of sp³-hybridized carbons (Fsp3) is 0.455. The molecule has 0 fully saturated rings. The Hall–Kier alpha value is -0.210. The maximum Gasteiger partial charge on any atom is 0.0437 e. The summed E-state index contributed by atoms with van der Waals surface area (Å²) in [6.45, 7) is 6.55. The van der Waals surface area contributed by atoms with Crippen molar-refractivity contribution in [2.45, 2.75) is 26.8 Å². The molecule has 1 N–H and O–H groups in total. The highest BCUT2D eigenvalue weighted by Gasteiger charge is 2.07. The Labute approximate surface area is 99.0 Å². The minimum absolute atomic E-state index is 0.445. The van der Waals surface area contributed by atoms with Crippen LogP contribution in [0.1, 0.15) is 20.8 Å². The molecule has 0 aromatic heterocycles. The molecule has 78 valence electrons. The van der Waals surface area contributed by atoms with Gasteiger partial charge in [-0.05, 0) is 31.0 Å². The van der Waals surface area contributed by atoms with Gasteiger partial charge in [-0.1, -0.05) is 41.4 Å². The van der Waals surface area contributed by atoms with Crippen LogP contribution in [0.15, 0.2) is 22.7 Å². The quantitative estimate of drug-likeness (QED) is 0.853. The monoisotopic (exact) mass is 275 g/mol. The zero-order valence-electron chi connectivity index (χ0n) is 8.64. The molecule has 0 aliphatic rings. The molecule has 0 saturated heterocycles. The van der Waals surface area contributed by atoms with Crippen molar-refractivity contribution in [2.75, 3.05) is 5.32 Å². The largest absolute Gasteiger partial charge is 0.382 e. The average Bonchev–Trinajstić information content (AvgIpc) is 2.01. The molecule has 1 nitrogen and oxygen atoms in total. The first-order valence-corrected chi connectivity index (χ1v) is 5.89. The summed E-state index contributed by atoms with van der Waals surface area (Å²) in [5.41, 5.74) is 1.06. The summed E-state index contributed by atoms with van der Waals surface area (Å²) in [4.78, 5) is 0. The van der Waals surface area contributed by atoms with Crippen LogP contribution in [0.25, 0.3) is 0 Å². The van der Waals surface area contributed by atoms with E-state index >= 15 is 0 Å². The Bertz CT molecular complexity index is 292. The van der Waals surface area contributed by atoms with Gasteiger partial charge in [0, 0.05) is 21.2 Å². The summed E-state index contributed by atoms with van der Waals surface area (Å²) in [6, 6.07) is 6.29. The highest BCUT2D eigenvalue weighted by Crippen LogP contribution is 2.24. The lowest BCUT2D eigenvalue weighted by molar-refractivity contribution is 0.560. The maximum absolute atomic E-state index is 5.94. The predicted molar refractivity (Wildman–Crippen MR) is 67.1 cm³/mol. The minimum atomic E-state index is 0.445. The van der Waals surface area contributed by atoms with Gasteiger partial charge < -0.3 is 5.32 Å². The molecule has 0 heterocycles. The van der Waals surface area contributed by atoms with Gasteiger partial charge in [0.15, 0.2) is 0 Å². The van der Waals surface area contributed by atoms with Crippen molar-refractivity contribution in [3.05, 3.63) is 27.7 Å². The van der Waals surface area contributed by atoms with Crippen molar-refractivity contribution in [3.8, 4) is 0 Å². The maximum atomic E-state index is 5.94. The molecule has 0 amide bonds. The molecule has 0 radical (unpaired) electrons. The molecule has 1 rings (SSSR count). The van der Waals surface area contributed by atoms with E-state index in [1.165, 1.54) is 0 Å². The van der Waals surface area contributed by atoms with Crippen LogP contribution < -0.4 is 5.32 Å². The zero-order valence-corrected chi connectivity index (χ0v) is 11.0. The van der Waals surface area contributed by atoms with Gasteiger partial charge in [-0.3, -0.25) is 0 Å². The Balaban J connectivity index is 2.76. The van der Waals surface area contributed by atoms with E-state index in [1.54, 1.807) is 0 Å². The van der Waals surface area contributed by atoms with Crippen LogP contribution in [-0.4, -0.2) is 6.04 Å². The van der Waals surface area contributed by atoms with E-state index in [0.717, 1.165) is 15.2 Å². The third-order valence-corrected chi connectivity index (χ3v) is 2.93. The van der Waals surface area contributed by atoms with Crippen LogP contribution in [0.5, 0.6) is 0 Å². The fourth-order valence-corrected chi connectivity index (χ4v) is 1.93. The topological polar surface area (TPSA) is 12.0 Å². The fourth-order valence-electron chi connectivity index (χ4n) is 1.07. The summed E-state index contributed by atoms with van der Waals surface area (Å²) in [5.74, 6) is 0.604. The van der Waals surface area contributed by atoms with Crippen LogP contribution >= 0.6 is 27.5 Å². The van der Waals surface area contributed by atoms with E-state index in [2.05, 4.69) is 42.0 Å². The van der Waals surface area contributed by atoms with Crippen LogP contribution in [0.3, 0.4) is 0 Å². The first kappa shape index (κ1) is 11.9. The van der Waals surface area contributed by atoms with Crippen molar-refractivity contribution in [1.82, 2.24) is 0 Å². The van der Waals surface area contributed by atoms with E-state index in [9.17, 15) is 0 Å². The number of hydrogen-bond donors (Lipinski definition) is 1. The second kappa shape index (κ2) is 5.04. The Kier molecular flexibility index (Phi) is 4.27. The lowest BCUT2D eigenvalue weighted by Crippen LogP contribution is -2.21. The molecular formula is C11H15BrClN.